The van der Waals surface area contributed by atoms with E-state index in [1.165, 1.54) is 12.7 Å². The summed E-state index contributed by atoms with van der Waals surface area (Å²) in [5, 5.41) is 0. The smallest absolute Gasteiger partial charge is 0.339 e. The van der Waals surface area contributed by atoms with Gasteiger partial charge in [-0.25, -0.2) is 4.79 Å². The molecule has 0 saturated heterocycles. The highest BCUT2D eigenvalue weighted by molar-refractivity contribution is 9.10. The topological polar surface area (TPSA) is 26.3 Å². The second kappa shape index (κ2) is 5.36. The zero-order chi connectivity index (χ0) is 13.1. The van der Waals surface area contributed by atoms with Gasteiger partial charge in [-0.2, -0.15) is 0 Å². The van der Waals surface area contributed by atoms with Crippen LogP contribution in [0.15, 0.2) is 46.9 Å². The number of carbonyl (C=O) groups is 1. The van der Waals surface area contributed by atoms with Gasteiger partial charge in [0.15, 0.2) is 0 Å². The van der Waals surface area contributed by atoms with Crippen LogP contribution in [0.5, 0.6) is 0 Å². The fraction of sp³-hybridized carbons (Fsp3) is 0.133. The fourth-order valence-corrected chi connectivity index (χ4v) is 2.20. The van der Waals surface area contributed by atoms with Crippen molar-refractivity contribution in [2.24, 2.45) is 0 Å². The third kappa shape index (κ3) is 2.62. The Morgan fingerprint density at radius 3 is 2.50 bits per heavy atom. The average Bonchev–Trinajstić information content (AvgIpc) is 2.38. The van der Waals surface area contributed by atoms with E-state index >= 15 is 0 Å². The van der Waals surface area contributed by atoms with E-state index in [-0.39, 0.29) is 5.97 Å². The van der Waals surface area contributed by atoms with E-state index in [0.29, 0.717) is 5.56 Å². The van der Waals surface area contributed by atoms with Gasteiger partial charge in [0.25, 0.3) is 0 Å². The molecule has 2 aromatic rings. The fourth-order valence-electron chi connectivity index (χ4n) is 1.80. The molecule has 0 aliphatic carbocycles. The lowest BCUT2D eigenvalue weighted by Gasteiger charge is -2.07. The molecule has 0 unspecified atom stereocenters. The van der Waals surface area contributed by atoms with E-state index in [2.05, 4.69) is 22.0 Å². The molecule has 3 heteroatoms. The van der Waals surface area contributed by atoms with Gasteiger partial charge in [-0.05, 0) is 46.1 Å². The summed E-state index contributed by atoms with van der Waals surface area (Å²) in [6, 6.07) is 13.8. The molecule has 0 N–H and O–H groups in total. The first kappa shape index (κ1) is 12.8. The number of carbonyl (C=O) groups excluding carboxylic acids is 1. The predicted molar refractivity (Wildman–Crippen MR) is 75.7 cm³/mol. The number of aryl methyl sites for hydroxylation is 1. The molecule has 0 bridgehead atoms. The summed E-state index contributed by atoms with van der Waals surface area (Å²) in [6.07, 6.45) is 0. The Morgan fingerprint density at radius 2 is 1.83 bits per heavy atom. The third-order valence-corrected chi connectivity index (χ3v) is 3.41. The van der Waals surface area contributed by atoms with Crippen molar-refractivity contribution in [1.29, 1.82) is 0 Å². The molecule has 0 spiro atoms. The summed E-state index contributed by atoms with van der Waals surface area (Å²) in [5.41, 5.74) is 3.82. The molecule has 0 aliphatic rings. The van der Waals surface area contributed by atoms with Crippen molar-refractivity contribution in [3.63, 3.8) is 0 Å². The van der Waals surface area contributed by atoms with Crippen LogP contribution in [0.1, 0.15) is 15.9 Å². The molecule has 0 fully saturated rings. The molecule has 2 nitrogen and oxygen atoms in total. The van der Waals surface area contributed by atoms with Crippen molar-refractivity contribution in [1.82, 2.24) is 0 Å². The maximum Gasteiger partial charge on any atom is 0.339 e. The molecule has 0 heterocycles. The van der Waals surface area contributed by atoms with Crippen LogP contribution in [-0.2, 0) is 4.74 Å². The Labute approximate surface area is 115 Å². The number of ether oxygens (including phenoxy) is 1. The Hall–Kier alpha value is -1.61. The second-order valence-corrected chi connectivity index (χ2v) is 4.91. The van der Waals surface area contributed by atoms with Crippen LogP contribution in [0.25, 0.3) is 11.1 Å². The lowest BCUT2D eigenvalue weighted by Crippen LogP contribution is -2.02. The Morgan fingerprint density at radius 1 is 1.11 bits per heavy atom. The first-order valence-corrected chi connectivity index (χ1v) is 6.36. The zero-order valence-electron chi connectivity index (χ0n) is 10.2. The lowest BCUT2D eigenvalue weighted by atomic mass is 10.0. The molecule has 18 heavy (non-hydrogen) atoms. The number of esters is 1. The summed E-state index contributed by atoms with van der Waals surface area (Å²) in [5.74, 6) is -0.337. The maximum atomic E-state index is 11.6. The molecule has 0 atom stereocenters. The van der Waals surface area contributed by atoms with Crippen molar-refractivity contribution in [3.05, 3.63) is 58.1 Å². The summed E-state index contributed by atoms with van der Waals surface area (Å²) in [7, 11) is 1.38. The van der Waals surface area contributed by atoms with Crippen LogP contribution in [0.3, 0.4) is 0 Å². The number of hydrogen-bond acceptors (Lipinski definition) is 2. The molecule has 0 aliphatic heterocycles. The SMILES string of the molecule is COC(=O)c1cc(-c2cccc(C)c2)ccc1Br. The molecule has 92 valence electrons. The highest BCUT2D eigenvalue weighted by Crippen LogP contribution is 2.26. The minimum atomic E-state index is -0.337. The van der Waals surface area contributed by atoms with E-state index in [0.717, 1.165) is 15.6 Å². The van der Waals surface area contributed by atoms with Gasteiger partial charge in [0.2, 0.25) is 0 Å². The maximum absolute atomic E-state index is 11.6. The van der Waals surface area contributed by atoms with E-state index in [4.69, 9.17) is 4.74 Å². The van der Waals surface area contributed by atoms with Crippen molar-refractivity contribution in [2.45, 2.75) is 6.92 Å². The van der Waals surface area contributed by atoms with E-state index < -0.39 is 0 Å². The van der Waals surface area contributed by atoms with Crippen LogP contribution in [0.4, 0.5) is 0 Å². The quantitative estimate of drug-likeness (QED) is 0.777. The summed E-state index contributed by atoms with van der Waals surface area (Å²) in [4.78, 5) is 11.6. The lowest BCUT2D eigenvalue weighted by molar-refractivity contribution is 0.0600. The average molecular weight is 305 g/mol. The Balaban J connectivity index is 2.50. The summed E-state index contributed by atoms with van der Waals surface area (Å²) in [6.45, 7) is 2.05. The molecular weight excluding hydrogens is 292 g/mol. The van der Waals surface area contributed by atoms with E-state index in [1.807, 2.05) is 43.3 Å². The highest BCUT2D eigenvalue weighted by atomic mass is 79.9. The molecular formula is C15H13BrO2. The molecule has 0 radical (unpaired) electrons. The largest absolute Gasteiger partial charge is 0.465 e. The third-order valence-electron chi connectivity index (χ3n) is 2.72. The highest BCUT2D eigenvalue weighted by Gasteiger charge is 2.11. The van der Waals surface area contributed by atoms with Crippen LogP contribution in [0.2, 0.25) is 0 Å². The van der Waals surface area contributed by atoms with Crippen molar-refractivity contribution >= 4 is 21.9 Å². The number of hydrogen-bond donors (Lipinski definition) is 0. The van der Waals surface area contributed by atoms with Gasteiger partial charge >= 0.3 is 5.97 Å². The van der Waals surface area contributed by atoms with Crippen molar-refractivity contribution in [3.8, 4) is 11.1 Å². The minimum absolute atomic E-state index is 0.337. The zero-order valence-corrected chi connectivity index (χ0v) is 11.8. The second-order valence-electron chi connectivity index (χ2n) is 4.06. The number of rotatable bonds is 2. The van der Waals surface area contributed by atoms with Gasteiger partial charge in [0.1, 0.15) is 0 Å². The number of methoxy groups -OCH3 is 1. The van der Waals surface area contributed by atoms with Gasteiger partial charge in [-0.15, -0.1) is 0 Å². The van der Waals surface area contributed by atoms with Gasteiger partial charge in [0, 0.05) is 4.47 Å². The summed E-state index contributed by atoms with van der Waals surface area (Å²) < 4.78 is 5.50. The van der Waals surface area contributed by atoms with Crippen LogP contribution in [-0.4, -0.2) is 13.1 Å². The Bertz CT molecular complexity index is 591. The van der Waals surface area contributed by atoms with E-state index in [9.17, 15) is 4.79 Å². The summed E-state index contributed by atoms with van der Waals surface area (Å²) >= 11 is 3.36. The Kier molecular flexibility index (Phi) is 3.82. The minimum Gasteiger partial charge on any atom is -0.465 e. The first-order valence-electron chi connectivity index (χ1n) is 5.56. The van der Waals surface area contributed by atoms with Crippen LogP contribution >= 0.6 is 15.9 Å². The molecule has 0 aromatic heterocycles. The first-order chi connectivity index (χ1) is 8.61. The van der Waals surface area contributed by atoms with Gasteiger partial charge in [-0.1, -0.05) is 35.9 Å². The standard InChI is InChI=1S/C15H13BrO2/c1-10-4-3-5-11(8-10)12-6-7-14(16)13(9-12)15(17)18-2/h3-9H,1-2H3. The monoisotopic (exact) mass is 304 g/mol. The number of benzene rings is 2. The molecule has 2 aromatic carbocycles. The predicted octanol–water partition coefficient (Wildman–Crippen LogP) is 4.21. The van der Waals surface area contributed by atoms with Gasteiger partial charge in [-0.3, -0.25) is 0 Å². The van der Waals surface area contributed by atoms with Crippen LogP contribution in [0, 0.1) is 6.92 Å². The normalized spacial score (nSPS) is 10.2. The van der Waals surface area contributed by atoms with Crippen LogP contribution < -0.4 is 0 Å². The molecule has 0 amide bonds. The number of halogens is 1. The van der Waals surface area contributed by atoms with E-state index in [1.54, 1.807) is 0 Å². The van der Waals surface area contributed by atoms with Gasteiger partial charge < -0.3 is 4.74 Å². The molecule has 2 rings (SSSR count). The van der Waals surface area contributed by atoms with Crippen molar-refractivity contribution < 1.29 is 9.53 Å². The molecule has 0 saturated carbocycles. The van der Waals surface area contributed by atoms with Gasteiger partial charge in [0.05, 0.1) is 12.7 Å². The van der Waals surface area contributed by atoms with Crippen molar-refractivity contribution in [2.75, 3.05) is 7.11 Å².